The SMILES string of the molecule is CC(C(=O)O)S(=O)(=O)Nc1cnc(-c2ccccc2)nc1. The molecular weight excluding hydrogens is 294 g/mol. The molecule has 2 aromatic rings. The first-order chi connectivity index (χ1) is 9.90. The molecular formula is C13H13N3O4S. The zero-order valence-corrected chi connectivity index (χ0v) is 11.9. The maximum Gasteiger partial charge on any atom is 0.323 e. The van der Waals surface area contributed by atoms with Gasteiger partial charge in [-0.05, 0) is 6.92 Å². The maximum atomic E-state index is 11.7. The van der Waals surface area contributed by atoms with Crippen LogP contribution in [0.25, 0.3) is 11.4 Å². The normalized spacial score (nSPS) is 12.6. The zero-order chi connectivity index (χ0) is 15.5. The Bertz CT molecular complexity index is 730. The van der Waals surface area contributed by atoms with Gasteiger partial charge >= 0.3 is 5.97 Å². The number of carboxylic acids is 1. The van der Waals surface area contributed by atoms with E-state index in [1.165, 1.54) is 12.4 Å². The molecule has 110 valence electrons. The van der Waals surface area contributed by atoms with Gasteiger partial charge < -0.3 is 5.11 Å². The largest absolute Gasteiger partial charge is 0.480 e. The average molecular weight is 307 g/mol. The molecule has 0 saturated heterocycles. The summed E-state index contributed by atoms with van der Waals surface area (Å²) in [6.45, 7) is 1.09. The topological polar surface area (TPSA) is 109 Å². The second kappa shape index (κ2) is 5.88. The van der Waals surface area contributed by atoms with E-state index < -0.39 is 21.2 Å². The molecule has 0 aliphatic carbocycles. The van der Waals surface area contributed by atoms with Gasteiger partial charge in [0.15, 0.2) is 11.1 Å². The third-order valence-electron chi connectivity index (χ3n) is 2.76. The lowest BCUT2D eigenvalue weighted by Gasteiger charge is -2.10. The Labute approximate surface area is 121 Å². The van der Waals surface area contributed by atoms with Crippen molar-refractivity contribution in [2.45, 2.75) is 12.2 Å². The van der Waals surface area contributed by atoms with Crippen molar-refractivity contribution in [1.82, 2.24) is 9.97 Å². The van der Waals surface area contributed by atoms with E-state index in [0.717, 1.165) is 12.5 Å². The Balaban J connectivity index is 2.19. The van der Waals surface area contributed by atoms with Crippen LogP contribution in [0.2, 0.25) is 0 Å². The van der Waals surface area contributed by atoms with Crippen LogP contribution in [0.15, 0.2) is 42.7 Å². The molecule has 0 aliphatic rings. The number of anilines is 1. The molecule has 21 heavy (non-hydrogen) atoms. The van der Waals surface area contributed by atoms with Gasteiger partial charge in [0.25, 0.3) is 0 Å². The van der Waals surface area contributed by atoms with Gasteiger partial charge in [0.1, 0.15) is 0 Å². The molecule has 1 aromatic carbocycles. The third kappa shape index (κ3) is 3.54. The molecule has 1 unspecified atom stereocenters. The number of nitrogens with zero attached hydrogens (tertiary/aromatic N) is 2. The molecule has 8 heteroatoms. The first-order valence-electron chi connectivity index (χ1n) is 6.02. The van der Waals surface area contributed by atoms with E-state index in [1.54, 1.807) is 0 Å². The Morgan fingerprint density at radius 1 is 1.19 bits per heavy atom. The number of nitrogens with one attached hydrogen (secondary N) is 1. The minimum atomic E-state index is -4.02. The summed E-state index contributed by atoms with van der Waals surface area (Å²) < 4.78 is 25.6. The van der Waals surface area contributed by atoms with Gasteiger partial charge in [0, 0.05) is 5.56 Å². The molecule has 1 atom stereocenters. The van der Waals surface area contributed by atoms with Crippen molar-refractivity contribution in [3.05, 3.63) is 42.7 Å². The number of sulfonamides is 1. The van der Waals surface area contributed by atoms with Crippen molar-refractivity contribution in [2.24, 2.45) is 0 Å². The summed E-state index contributed by atoms with van der Waals surface area (Å²) in [4.78, 5) is 18.8. The van der Waals surface area contributed by atoms with Crippen LogP contribution in [0.1, 0.15) is 6.92 Å². The quantitative estimate of drug-likeness (QED) is 0.863. The van der Waals surface area contributed by atoms with Gasteiger partial charge in [0.05, 0.1) is 18.1 Å². The second-order valence-electron chi connectivity index (χ2n) is 4.29. The maximum absolute atomic E-state index is 11.7. The van der Waals surface area contributed by atoms with Gasteiger partial charge in [-0.15, -0.1) is 0 Å². The summed E-state index contributed by atoms with van der Waals surface area (Å²) in [7, 11) is -4.02. The van der Waals surface area contributed by atoms with Crippen LogP contribution in [0.5, 0.6) is 0 Å². The Kier molecular flexibility index (Phi) is 4.18. The number of benzene rings is 1. The fourth-order valence-corrected chi connectivity index (χ4v) is 2.38. The summed E-state index contributed by atoms with van der Waals surface area (Å²) in [5.41, 5.74) is 0.911. The average Bonchev–Trinajstić information content (AvgIpc) is 2.47. The monoisotopic (exact) mass is 307 g/mol. The van der Waals surface area contributed by atoms with Crippen LogP contribution >= 0.6 is 0 Å². The molecule has 1 heterocycles. The molecule has 0 saturated carbocycles. The molecule has 0 bridgehead atoms. The van der Waals surface area contributed by atoms with Crippen LogP contribution in [-0.2, 0) is 14.8 Å². The minimum Gasteiger partial charge on any atom is -0.480 e. The first-order valence-corrected chi connectivity index (χ1v) is 7.56. The molecule has 0 spiro atoms. The van der Waals surface area contributed by atoms with Crippen LogP contribution in [0.4, 0.5) is 5.69 Å². The highest BCUT2D eigenvalue weighted by molar-refractivity contribution is 7.94. The highest BCUT2D eigenvalue weighted by Crippen LogP contribution is 2.16. The fourth-order valence-electron chi connectivity index (χ4n) is 1.50. The van der Waals surface area contributed by atoms with E-state index in [9.17, 15) is 13.2 Å². The van der Waals surface area contributed by atoms with Crippen molar-refractivity contribution in [2.75, 3.05) is 4.72 Å². The lowest BCUT2D eigenvalue weighted by atomic mass is 10.2. The van der Waals surface area contributed by atoms with Crippen molar-refractivity contribution < 1.29 is 18.3 Å². The second-order valence-corrected chi connectivity index (χ2v) is 6.29. The predicted octanol–water partition coefficient (Wildman–Crippen LogP) is 1.36. The summed E-state index contributed by atoms with van der Waals surface area (Å²) >= 11 is 0. The molecule has 7 nitrogen and oxygen atoms in total. The van der Waals surface area contributed by atoms with Crippen molar-refractivity contribution >= 4 is 21.7 Å². The van der Waals surface area contributed by atoms with Crippen LogP contribution in [-0.4, -0.2) is 34.7 Å². The number of aliphatic carboxylic acids is 1. The van der Waals surface area contributed by atoms with E-state index in [1.807, 2.05) is 30.3 Å². The van der Waals surface area contributed by atoms with Crippen LogP contribution < -0.4 is 4.72 Å². The van der Waals surface area contributed by atoms with Crippen molar-refractivity contribution in [3.63, 3.8) is 0 Å². The summed E-state index contributed by atoms with van der Waals surface area (Å²) in [5.74, 6) is -0.978. The zero-order valence-electron chi connectivity index (χ0n) is 11.1. The van der Waals surface area contributed by atoms with Gasteiger partial charge in [0.2, 0.25) is 10.0 Å². The summed E-state index contributed by atoms with van der Waals surface area (Å²) in [5, 5.41) is 7.17. The van der Waals surface area contributed by atoms with Crippen LogP contribution in [0, 0.1) is 0 Å². The lowest BCUT2D eigenvalue weighted by Crippen LogP contribution is -2.32. The number of carboxylic acid groups (broad SMARTS) is 1. The van der Waals surface area contributed by atoms with Gasteiger partial charge in [-0.25, -0.2) is 18.4 Å². The number of hydrogen-bond acceptors (Lipinski definition) is 5. The Hall–Kier alpha value is -2.48. The fraction of sp³-hybridized carbons (Fsp3) is 0.154. The first kappa shape index (κ1) is 14.9. The van der Waals surface area contributed by atoms with Crippen LogP contribution in [0.3, 0.4) is 0 Å². The highest BCUT2D eigenvalue weighted by Gasteiger charge is 2.27. The lowest BCUT2D eigenvalue weighted by molar-refractivity contribution is -0.136. The number of aromatic nitrogens is 2. The number of rotatable bonds is 5. The number of hydrogen-bond donors (Lipinski definition) is 2. The summed E-state index contributed by atoms with van der Waals surface area (Å²) in [6.07, 6.45) is 2.59. The third-order valence-corrected chi connectivity index (χ3v) is 4.41. The van der Waals surface area contributed by atoms with Crippen molar-refractivity contribution in [3.8, 4) is 11.4 Å². The summed E-state index contributed by atoms with van der Waals surface area (Å²) in [6, 6.07) is 9.18. The smallest absolute Gasteiger partial charge is 0.323 e. The molecule has 0 radical (unpaired) electrons. The van der Waals surface area contributed by atoms with E-state index in [4.69, 9.17) is 5.11 Å². The molecule has 1 aromatic heterocycles. The minimum absolute atomic E-state index is 0.114. The number of carbonyl (C=O) groups is 1. The van der Waals surface area contributed by atoms with Gasteiger partial charge in [-0.3, -0.25) is 9.52 Å². The highest BCUT2D eigenvalue weighted by atomic mass is 32.2. The molecule has 0 amide bonds. The van der Waals surface area contributed by atoms with E-state index in [0.29, 0.717) is 5.82 Å². The van der Waals surface area contributed by atoms with E-state index in [2.05, 4.69) is 14.7 Å². The molecule has 0 fully saturated rings. The van der Waals surface area contributed by atoms with Gasteiger partial charge in [-0.1, -0.05) is 30.3 Å². The standard InChI is InChI=1S/C13H13N3O4S/c1-9(13(17)18)21(19,20)16-11-7-14-12(15-8-11)10-5-3-2-4-6-10/h2-9,16H,1H3,(H,17,18). The Morgan fingerprint density at radius 2 is 1.76 bits per heavy atom. The predicted molar refractivity (Wildman–Crippen MR) is 77.1 cm³/mol. The molecule has 2 N–H and O–H groups in total. The van der Waals surface area contributed by atoms with E-state index in [-0.39, 0.29) is 5.69 Å². The van der Waals surface area contributed by atoms with Crippen molar-refractivity contribution in [1.29, 1.82) is 0 Å². The Morgan fingerprint density at radius 3 is 2.29 bits per heavy atom. The van der Waals surface area contributed by atoms with E-state index >= 15 is 0 Å². The molecule has 0 aliphatic heterocycles. The molecule has 2 rings (SSSR count). The van der Waals surface area contributed by atoms with Gasteiger partial charge in [-0.2, -0.15) is 0 Å².